The molecule has 0 aromatic rings. The number of carbonyl (C=O) groups is 2. The van der Waals surface area contributed by atoms with E-state index in [-0.39, 0.29) is 0 Å². The number of aliphatic carboxylic acids is 1. The number of hydrogen-bond acceptors (Lipinski definition) is 7. The summed E-state index contributed by atoms with van der Waals surface area (Å²) in [5, 5.41) is 51.6. The summed E-state index contributed by atoms with van der Waals surface area (Å²) in [4.78, 5) is 20.6. The average Bonchev–Trinajstić information content (AvgIpc) is 2.13. The van der Waals surface area contributed by atoms with Gasteiger partial charge < -0.3 is 30.6 Å². The molecule has 0 amide bonds. The van der Waals surface area contributed by atoms with Gasteiger partial charge >= 0.3 is 11.8 Å². The molecule has 0 aliphatic carbocycles. The van der Waals surface area contributed by atoms with Crippen LogP contribution in [0.15, 0.2) is 0 Å². The maximum absolute atomic E-state index is 10.6. The first kappa shape index (κ1) is 12.9. The summed E-state index contributed by atoms with van der Waals surface area (Å²) in [5.41, 5.74) is 0. The van der Waals surface area contributed by atoms with Gasteiger partial charge in [-0.05, 0) is 0 Å². The highest BCUT2D eigenvalue weighted by molar-refractivity contribution is 6.35. The second kappa shape index (κ2) is 4.44. The predicted molar refractivity (Wildman–Crippen MR) is 38.9 cm³/mol. The number of aliphatic hydroxyl groups is 5. The van der Waals surface area contributed by atoms with Crippen molar-refractivity contribution >= 4 is 11.8 Å². The Labute approximate surface area is 77.7 Å². The van der Waals surface area contributed by atoms with E-state index in [1.807, 2.05) is 0 Å². The van der Waals surface area contributed by atoms with Crippen molar-refractivity contribution in [2.75, 3.05) is 6.61 Å². The highest BCUT2D eigenvalue weighted by Gasteiger charge is 2.48. The van der Waals surface area contributed by atoms with Crippen LogP contribution in [-0.4, -0.2) is 67.0 Å². The smallest absolute Gasteiger partial charge is 0.378 e. The Balaban J connectivity index is 4.76. The van der Waals surface area contributed by atoms with E-state index >= 15 is 0 Å². The van der Waals surface area contributed by atoms with Gasteiger partial charge in [0.1, 0.15) is 12.2 Å². The van der Waals surface area contributed by atoms with E-state index in [1.54, 1.807) is 0 Å². The monoisotopic (exact) mass is 210 g/mol. The van der Waals surface area contributed by atoms with Gasteiger partial charge in [-0.15, -0.1) is 0 Å². The summed E-state index contributed by atoms with van der Waals surface area (Å²) in [5.74, 6) is -7.91. The van der Waals surface area contributed by atoms with Crippen LogP contribution >= 0.6 is 0 Å². The SMILES string of the molecule is O=C(O)C(=O)C(O)(O)[C@H](O)[C@H](O)CO. The number of hydrogen-bond donors (Lipinski definition) is 6. The normalized spacial score (nSPS) is 16.1. The molecule has 0 spiro atoms. The van der Waals surface area contributed by atoms with Crippen LogP contribution in [0.4, 0.5) is 0 Å². The van der Waals surface area contributed by atoms with Crippen molar-refractivity contribution in [2.24, 2.45) is 0 Å². The Morgan fingerprint density at radius 3 is 1.93 bits per heavy atom. The fourth-order valence-electron chi connectivity index (χ4n) is 0.660. The van der Waals surface area contributed by atoms with E-state index in [4.69, 9.17) is 30.6 Å². The highest BCUT2D eigenvalue weighted by Crippen LogP contribution is 2.12. The first-order valence-electron chi connectivity index (χ1n) is 3.44. The summed E-state index contributed by atoms with van der Waals surface area (Å²) in [7, 11) is 0. The molecule has 0 fully saturated rings. The molecule has 8 nitrogen and oxygen atoms in total. The molecule has 8 heteroatoms. The van der Waals surface area contributed by atoms with Crippen molar-refractivity contribution in [1.29, 1.82) is 0 Å². The fraction of sp³-hybridized carbons (Fsp3) is 0.667. The van der Waals surface area contributed by atoms with Crippen molar-refractivity contribution < 1.29 is 40.2 Å². The van der Waals surface area contributed by atoms with Crippen LogP contribution in [0.1, 0.15) is 0 Å². The molecule has 82 valence electrons. The lowest BCUT2D eigenvalue weighted by molar-refractivity contribution is -0.239. The van der Waals surface area contributed by atoms with Gasteiger partial charge in [0.05, 0.1) is 6.61 Å². The van der Waals surface area contributed by atoms with E-state index in [0.29, 0.717) is 0 Å². The second-order valence-electron chi connectivity index (χ2n) is 2.56. The molecule has 0 saturated heterocycles. The minimum atomic E-state index is -3.63. The quantitative estimate of drug-likeness (QED) is 0.198. The average molecular weight is 210 g/mol. The first-order chi connectivity index (χ1) is 6.25. The third-order valence-corrected chi connectivity index (χ3v) is 1.49. The Morgan fingerprint density at radius 2 is 1.64 bits per heavy atom. The molecule has 0 aromatic heterocycles. The van der Waals surface area contributed by atoms with Gasteiger partial charge in [-0.2, -0.15) is 0 Å². The molecular formula is C6H10O8. The second-order valence-corrected chi connectivity index (χ2v) is 2.56. The van der Waals surface area contributed by atoms with Gasteiger partial charge in [0, 0.05) is 0 Å². The van der Waals surface area contributed by atoms with Crippen molar-refractivity contribution in [3.63, 3.8) is 0 Å². The summed E-state index contributed by atoms with van der Waals surface area (Å²) < 4.78 is 0. The fourth-order valence-corrected chi connectivity index (χ4v) is 0.660. The number of Topliss-reactive ketones (excluding diaryl/α,β-unsaturated/α-hetero) is 1. The standard InChI is InChI=1S/C6H10O8/c7-1-2(8)3(9)6(13,14)4(10)5(11)12/h2-3,7-9,13-14H,1H2,(H,11,12)/t2-,3-/m1/s1. The molecule has 0 saturated carbocycles. The van der Waals surface area contributed by atoms with Crippen LogP contribution in [0.5, 0.6) is 0 Å². The van der Waals surface area contributed by atoms with Crippen molar-refractivity contribution in [1.82, 2.24) is 0 Å². The maximum Gasteiger partial charge on any atom is 0.378 e. The summed E-state index contributed by atoms with van der Waals surface area (Å²) in [6.45, 7) is -1.06. The maximum atomic E-state index is 10.6. The van der Waals surface area contributed by atoms with Gasteiger partial charge in [0.15, 0.2) is 0 Å². The zero-order valence-electron chi connectivity index (χ0n) is 6.86. The molecule has 0 aromatic carbocycles. The van der Waals surface area contributed by atoms with Crippen molar-refractivity contribution in [3.05, 3.63) is 0 Å². The third kappa shape index (κ3) is 2.47. The lowest BCUT2D eigenvalue weighted by atomic mass is 10.0. The minimum Gasteiger partial charge on any atom is -0.475 e. The molecule has 2 atom stereocenters. The predicted octanol–water partition coefficient (Wildman–Crippen LogP) is -3.96. The topological polar surface area (TPSA) is 156 Å². The van der Waals surface area contributed by atoms with Gasteiger partial charge in [-0.3, -0.25) is 4.79 Å². The summed E-state index contributed by atoms with van der Waals surface area (Å²) in [6.07, 6.45) is -4.54. The van der Waals surface area contributed by atoms with Gasteiger partial charge in [0.2, 0.25) is 0 Å². The number of carboxylic acids is 1. The first-order valence-corrected chi connectivity index (χ1v) is 3.44. The number of carboxylic acid groups (broad SMARTS) is 1. The third-order valence-electron chi connectivity index (χ3n) is 1.49. The van der Waals surface area contributed by atoms with Crippen LogP contribution < -0.4 is 0 Å². The van der Waals surface area contributed by atoms with E-state index < -0.39 is 36.4 Å². The number of carbonyl (C=O) groups excluding carboxylic acids is 1. The molecule has 0 aliphatic heterocycles. The molecule has 6 N–H and O–H groups in total. The van der Waals surface area contributed by atoms with E-state index in [9.17, 15) is 9.59 Å². The van der Waals surface area contributed by atoms with Gasteiger partial charge in [-0.1, -0.05) is 0 Å². The van der Waals surface area contributed by atoms with Gasteiger partial charge in [-0.25, -0.2) is 4.79 Å². The Bertz CT molecular complexity index is 234. The Hall–Kier alpha value is -1.06. The minimum absolute atomic E-state index is 1.06. The number of ketones is 1. The van der Waals surface area contributed by atoms with Gasteiger partial charge in [0.25, 0.3) is 5.79 Å². The number of aliphatic hydroxyl groups excluding tert-OH is 3. The molecule has 0 aliphatic rings. The highest BCUT2D eigenvalue weighted by atomic mass is 16.5. The zero-order chi connectivity index (χ0) is 11.5. The lowest BCUT2D eigenvalue weighted by Crippen LogP contribution is -2.57. The summed E-state index contributed by atoms with van der Waals surface area (Å²) >= 11 is 0. The van der Waals surface area contributed by atoms with Crippen molar-refractivity contribution in [3.8, 4) is 0 Å². The summed E-state index contributed by atoms with van der Waals surface area (Å²) in [6, 6.07) is 0. The van der Waals surface area contributed by atoms with Crippen LogP contribution in [0.2, 0.25) is 0 Å². The van der Waals surface area contributed by atoms with Crippen LogP contribution in [0.25, 0.3) is 0 Å². The molecule has 0 rings (SSSR count). The van der Waals surface area contributed by atoms with Crippen LogP contribution in [0.3, 0.4) is 0 Å². The number of rotatable bonds is 5. The molecule has 0 heterocycles. The van der Waals surface area contributed by atoms with E-state index in [1.165, 1.54) is 0 Å². The van der Waals surface area contributed by atoms with E-state index in [0.717, 1.165) is 0 Å². The molecule has 0 unspecified atom stereocenters. The van der Waals surface area contributed by atoms with Crippen LogP contribution in [0, 0.1) is 0 Å². The zero-order valence-corrected chi connectivity index (χ0v) is 6.86. The Kier molecular flexibility index (Phi) is 4.10. The molecular weight excluding hydrogens is 200 g/mol. The van der Waals surface area contributed by atoms with Crippen LogP contribution in [-0.2, 0) is 9.59 Å². The Morgan fingerprint density at radius 1 is 1.21 bits per heavy atom. The van der Waals surface area contributed by atoms with E-state index in [2.05, 4.69) is 0 Å². The molecule has 14 heavy (non-hydrogen) atoms. The van der Waals surface area contributed by atoms with Crippen molar-refractivity contribution in [2.45, 2.75) is 18.0 Å². The molecule has 0 radical (unpaired) electrons. The molecule has 0 bridgehead atoms. The lowest BCUT2D eigenvalue weighted by Gasteiger charge is -2.26. The largest absolute Gasteiger partial charge is 0.475 e.